The van der Waals surface area contributed by atoms with Gasteiger partial charge >= 0.3 is 0 Å². The quantitative estimate of drug-likeness (QED) is 0.828. The van der Waals surface area contributed by atoms with Gasteiger partial charge in [-0.3, -0.25) is 4.79 Å². The van der Waals surface area contributed by atoms with Crippen LogP contribution in [0.3, 0.4) is 0 Å². The Kier molecular flexibility index (Phi) is 5.66. The number of aromatic nitrogens is 3. The number of rotatable bonds is 2. The van der Waals surface area contributed by atoms with Crippen molar-refractivity contribution >= 4 is 18.3 Å². The van der Waals surface area contributed by atoms with E-state index in [1.165, 1.54) is 5.56 Å². The smallest absolute Gasteiger partial charge is 0.256 e. The van der Waals surface area contributed by atoms with Crippen LogP contribution in [0.25, 0.3) is 0 Å². The highest BCUT2D eigenvalue weighted by atomic mass is 35.5. The van der Waals surface area contributed by atoms with Gasteiger partial charge in [0.15, 0.2) is 6.10 Å². The minimum atomic E-state index is -0.446. The topological polar surface area (TPSA) is 72.3 Å². The lowest BCUT2D eigenvalue weighted by Gasteiger charge is -2.35. The number of fused-ring (bicyclic) bond motifs is 2. The molecule has 1 saturated heterocycles. The number of hydrogen-bond acceptors (Lipinski definition) is 5. The summed E-state index contributed by atoms with van der Waals surface area (Å²) in [6.07, 6.45) is 2.31. The van der Waals surface area contributed by atoms with Gasteiger partial charge in [0.2, 0.25) is 0 Å². The number of benzene rings is 1. The Balaban J connectivity index is 0.00000192. The summed E-state index contributed by atoms with van der Waals surface area (Å²) in [6, 6.07) is 8.16. The van der Waals surface area contributed by atoms with Crippen molar-refractivity contribution in [2.24, 2.45) is 0 Å². The van der Waals surface area contributed by atoms with Crippen molar-refractivity contribution in [2.75, 3.05) is 26.2 Å². The maximum atomic E-state index is 13.1. The van der Waals surface area contributed by atoms with Crippen molar-refractivity contribution in [3.63, 3.8) is 0 Å². The van der Waals surface area contributed by atoms with Gasteiger partial charge in [-0.2, -0.15) is 0 Å². The first-order valence-electron chi connectivity index (χ1n) is 9.92. The molecule has 5 rings (SSSR count). The van der Waals surface area contributed by atoms with Crippen LogP contribution in [0.1, 0.15) is 47.6 Å². The first-order chi connectivity index (χ1) is 13.3. The number of amides is 1. The molecule has 0 aliphatic carbocycles. The van der Waals surface area contributed by atoms with Gasteiger partial charge < -0.3 is 19.5 Å². The maximum absolute atomic E-state index is 13.1. The highest BCUT2D eigenvalue weighted by molar-refractivity contribution is 5.85. The van der Waals surface area contributed by atoms with Crippen molar-refractivity contribution in [3.05, 3.63) is 47.0 Å². The second-order valence-corrected chi connectivity index (χ2v) is 7.60. The Morgan fingerprint density at radius 2 is 1.96 bits per heavy atom. The van der Waals surface area contributed by atoms with Crippen LogP contribution in [0.4, 0.5) is 0 Å². The van der Waals surface area contributed by atoms with Crippen molar-refractivity contribution in [2.45, 2.75) is 44.4 Å². The molecule has 3 aliphatic rings. The van der Waals surface area contributed by atoms with Gasteiger partial charge in [0.05, 0.1) is 13.2 Å². The normalized spacial score (nSPS) is 22.1. The van der Waals surface area contributed by atoms with Crippen molar-refractivity contribution in [1.82, 2.24) is 25.0 Å². The second-order valence-electron chi connectivity index (χ2n) is 7.60. The zero-order chi connectivity index (χ0) is 18.2. The first-order valence-corrected chi connectivity index (χ1v) is 9.92. The molecule has 2 aromatic rings. The molecule has 0 saturated carbocycles. The van der Waals surface area contributed by atoms with Crippen molar-refractivity contribution < 1.29 is 9.53 Å². The van der Waals surface area contributed by atoms with E-state index in [2.05, 4.69) is 26.1 Å². The van der Waals surface area contributed by atoms with Crippen LogP contribution in [-0.2, 0) is 29.0 Å². The third kappa shape index (κ3) is 3.43. The number of hydrogen-bond donors (Lipinski definition) is 1. The van der Waals surface area contributed by atoms with Gasteiger partial charge in [-0.1, -0.05) is 24.3 Å². The third-order valence-electron chi connectivity index (χ3n) is 6.04. The lowest BCUT2D eigenvalue weighted by Crippen LogP contribution is -2.42. The standard InChI is InChI=1S/C20H25N5O2.ClH/c26-20(18-16-4-2-1-3-14(16)7-12-27-18)24-9-5-15(6-10-24)19-23-22-17-13-21-8-11-25(17)19;/h1-4,15,18,21H,5-13H2;1H. The second kappa shape index (κ2) is 8.19. The summed E-state index contributed by atoms with van der Waals surface area (Å²) < 4.78 is 8.13. The number of piperidine rings is 1. The molecule has 1 amide bonds. The summed E-state index contributed by atoms with van der Waals surface area (Å²) >= 11 is 0. The molecule has 4 heterocycles. The minimum Gasteiger partial charge on any atom is -0.363 e. The van der Waals surface area contributed by atoms with Crippen LogP contribution in [0.15, 0.2) is 24.3 Å². The Morgan fingerprint density at radius 3 is 2.82 bits per heavy atom. The molecule has 1 fully saturated rings. The maximum Gasteiger partial charge on any atom is 0.256 e. The van der Waals surface area contributed by atoms with Crippen molar-refractivity contribution in [3.8, 4) is 0 Å². The monoisotopic (exact) mass is 403 g/mol. The van der Waals surface area contributed by atoms with Gasteiger partial charge in [0, 0.05) is 32.1 Å². The SMILES string of the molecule is Cl.O=C(C1OCCc2ccccc21)N1CCC(c2nnc3n2CCNC3)CC1. The highest BCUT2D eigenvalue weighted by Gasteiger charge is 2.34. The molecule has 150 valence electrons. The van der Waals surface area contributed by atoms with Crippen LogP contribution >= 0.6 is 12.4 Å². The number of nitrogens with one attached hydrogen (secondary N) is 1. The average Bonchev–Trinajstić information content (AvgIpc) is 3.17. The molecule has 1 N–H and O–H groups in total. The average molecular weight is 404 g/mol. The van der Waals surface area contributed by atoms with E-state index in [9.17, 15) is 4.79 Å². The van der Waals surface area contributed by atoms with E-state index in [0.717, 1.165) is 69.2 Å². The Morgan fingerprint density at radius 1 is 1.14 bits per heavy atom. The van der Waals surface area contributed by atoms with E-state index in [1.54, 1.807) is 0 Å². The third-order valence-corrected chi connectivity index (χ3v) is 6.04. The van der Waals surface area contributed by atoms with E-state index in [0.29, 0.717) is 12.5 Å². The van der Waals surface area contributed by atoms with Gasteiger partial charge in [0.25, 0.3) is 5.91 Å². The summed E-state index contributed by atoms with van der Waals surface area (Å²) in [4.78, 5) is 15.1. The summed E-state index contributed by atoms with van der Waals surface area (Å²) in [6.45, 7) is 4.82. The fraction of sp³-hybridized carbons (Fsp3) is 0.550. The number of ether oxygens (including phenoxy) is 1. The minimum absolute atomic E-state index is 0. The molecule has 0 spiro atoms. The molecule has 1 atom stereocenters. The lowest BCUT2D eigenvalue weighted by molar-refractivity contribution is -0.146. The molecule has 0 bridgehead atoms. The molecule has 7 nitrogen and oxygen atoms in total. The van der Waals surface area contributed by atoms with E-state index in [-0.39, 0.29) is 18.3 Å². The summed E-state index contributed by atoms with van der Waals surface area (Å²) in [5.74, 6) is 2.61. The predicted molar refractivity (Wildman–Crippen MR) is 106 cm³/mol. The van der Waals surface area contributed by atoms with Gasteiger partial charge in [0.1, 0.15) is 11.6 Å². The molecule has 1 unspecified atom stereocenters. The van der Waals surface area contributed by atoms with E-state index >= 15 is 0 Å². The fourth-order valence-corrected chi connectivity index (χ4v) is 4.54. The molecular formula is C20H26ClN5O2. The lowest BCUT2D eigenvalue weighted by atomic mass is 9.93. The van der Waals surface area contributed by atoms with Crippen LogP contribution in [0.5, 0.6) is 0 Å². The van der Waals surface area contributed by atoms with Crippen molar-refractivity contribution in [1.29, 1.82) is 0 Å². The molecule has 0 radical (unpaired) electrons. The number of halogens is 1. The molecule has 8 heteroatoms. The molecule has 1 aromatic heterocycles. The Bertz CT molecular complexity index is 847. The van der Waals surface area contributed by atoms with E-state index in [1.807, 2.05) is 23.1 Å². The zero-order valence-corrected chi connectivity index (χ0v) is 16.7. The number of carbonyl (C=O) groups excluding carboxylic acids is 1. The predicted octanol–water partition coefficient (Wildman–Crippen LogP) is 1.82. The number of carbonyl (C=O) groups is 1. The summed E-state index contributed by atoms with van der Waals surface area (Å²) in [7, 11) is 0. The molecule has 28 heavy (non-hydrogen) atoms. The number of nitrogens with zero attached hydrogens (tertiary/aromatic N) is 4. The van der Waals surface area contributed by atoms with Crippen LogP contribution in [0.2, 0.25) is 0 Å². The van der Waals surface area contributed by atoms with Crippen LogP contribution in [0, 0.1) is 0 Å². The fourth-order valence-electron chi connectivity index (χ4n) is 4.54. The molecule has 3 aliphatic heterocycles. The summed E-state index contributed by atoms with van der Waals surface area (Å²) in [5.41, 5.74) is 2.27. The molecule has 1 aromatic carbocycles. The Hall–Kier alpha value is -1.96. The Labute approximate surface area is 170 Å². The first kappa shape index (κ1) is 19.4. The van der Waals surface area contributed by atoms with E-state index < -0.39 is 6.10 Å². The molecular weight excluding hydrogens is 378 g/mol. The summed E-state index contributed by atoms with van der Waals surface area (Å²) in [5, 5.41) is 12.1. The van der Waals surface area contributed by atoms with Gasteiger partial charge in [-0.25, -0.2) is 0 Å². The zero-order valence-electron chi connectivity index (χ0n) is 15.8. The van der Waals surface area contributed by atoms with E-state index in [4.69, 9.17) is 4.74 Å². The van der Waals surface area contributed by atoms with Crippen LogP contribution < -0.4 is 5.32 Å². The van der Waals surface area contributed by atoms with Crippen LogP contribution in [-0.4, -0.2) is 51.8 Å². The van der Waals surface area contributed by atoms with Gasteiger partial charge in [-0.15, -0.1) is 22.6 Å². The largest absolute Gasteiger partial charge is 0.363 e. The highest BCUT2D eigenvalue weighted by Crippen LogP contribution is 2.32. The van der Waals surface area contributed by atoms with Gasteiger partial charge in [-0.05, 0) is 30.4 Å². The number of likely N-dealkylation sites (tertiary alicyclic amines) is 1.